The van der Waals surface area contributed by atoms with E-state index in [1.807, 2.05) is 22.7 Å². The molecule has 0 N–H and O–H groups in total. The molecule has 36 heavy (non-hydrogen) atoms. The number of rotatable bonds is 2. The summed E-state index contributed by atoms with van der Waals surface area (Å²) in [7, 11) is 0. The molecule has 2 aliphatic rings. The molecular weight excluding hydrogens is 473 g/mol. The Morgan fingerprint density at radius 2 is 0.833 bits per heavy atom. The number of hydrogen-bond acceptors (Lipinski definition) is 2. The average molecular weight is 503 g/mol. The molecule has 2 aromatic heterocycles. The summed E-state index contributed by atoms with van der Waals surface area (Å²) < 4.78 is 0. The van der Waals surface area contributed by atoms with Gasteiger partial charge < -0.3 is 0 Å². The maximum atomic E-state index is 2.53. The fraction of sp³-hybridized carbons (Fsp3) is 0.235. The van der Waals surface area contributed by atoms with Crippen LogP contribution in [0.2, 0.25) is 0 Å². The molecule has 0 spiro atoms. The van der Waals surface area contributed by atoms with Crippen LogP contribution in [0.15, 0.2) is 72.8 Å². The minimum Gasteiger partial charge on any atom is -0.135 e. The molecule has 3 aromatic carbocycles. The van der Waals surface area contributed by atoms with E-state index >= 15 is 0 Å². The van der Waals surface area contributed by atoms with Crippen LogP contribution < -0.4 is 0 Å². The minimum atomic E-state index is 0.00306. The second kappa shape index (κ2) is 7.31. The van der Waals surface area contributed by atoms with Gasteiger partial charge in [0, 0.05) is 30.3 Å². The molecule has 0 aliphatic heterocycles. The van der Waals surface area contributed by atoms with Crippen LogP contribution in [0.3, 0.4) is 0 Å². The van der Waals surface area contributed by atoms with Crippen LogP contribution in [-0.4, -0.2) is 0 Å². The molecular formula is C34H30S2. The van der Waals surface area contributed by atoms with Crippen molar-refractivity contribution in [1.29, 1.82) is 0 Å². The second-order valence-corrected chi connectivity index (χ2v) is 13.7. The molecule has 0 amide bonds. The fourth-order valence-corrected chi connectivity index (χ4v) is 8.84. The molecule has 5 aromatic rings. The molecule has 0 saturated carbocycles. The van der Waals surface area contributed by atoms with Gasteiger partial charge in [0.2, 0.25) is 0 Å². The molecule has 2 heterocycles. The summed E-state index contributed by atoms with van der Waals surface area (Å²) in [6.45, 7) is 13.9. The third-order valence-corrected chi connectivity index (χ3v) is 10.9. The molecule has 178 valence electrons. The first-order valence-corrected chi connectivity index (χ1v) is 14.4. The summed E-state index contributed by atoms with van der Waals surface area (Å²) in [4.78, 5) is 5.67. The van der Waals surface area contributed by atoms with Gasteiger partial charge in [-0.3, -0.25) is 0 Å². The lowest BCUT2D eigenvalue weighted by Gasteiger charge is -2.24. The summed E-state index contributed by atoms with van der Waals surface area (Å²) in [6, 6.07) is 27.9. The first kappa shape index (κ1) is 22.3. The van der Waals surface area contributed by atoms with Gasteiger partial charge in [0.15, 0.2) is 0 Å². The van der Waals surface area contributed by atoms with E-state index in [2.05, 4.69) is 114 Å². The number of aryl methyl sites for hydroxylation is 2. The largest absolute Gasteiger partial charge is 0.135 e. The number of benzene rings is 3. The number of fused-ring (bicyclic) bond motifs is 6. The third-order valence-electron chi connectivity index (χ3n) is 8.48. The van der Waals surface area contributed by atoms with Gasteiger partial charge in [-0.1, -0.05) is 87.4 Å². The Hall–Kier alpha value is -2.94. The van der Waals surface area contributed by atoms with E-state index in [1.165, 1.54) is 75.1 Å². The van der Waals surface area contributed by atoms with Crippen molar-refractivity contribution in [2.24, 2.45) is 0 Å². The lowest BCUT2D eigenvalue weighted by atomic mass is 9.79. The highest BCUT2D eigenvalue weighted by Gasteiger charge is 2.43. The zero-order valence-electron chi connectivity index (χ0n) is 21.7. The van der Waals surface area contributed by atoms with Crippen LogP contribution in [0, 0.1) is 13.8 Å². The smallest absolute Gasteiger partial charge is 0.0393 e. The molecule has 2 aliphatic carbocycles. The van der Waals surface area contributed by atoms with Crippen LogP contribution in [0.25, 0.3) is 41.8 Å². The summed E-state index contributed by atoms with van der Waals surface area (Å²) in [5.41, 5.74) is 14.1. The van der Waals surface area contributed by atoms with Gasteiger partial charge in [0.1, 0.15) is 0 Å². The lowest BCUT2D eigenvalue weighted by Crippen LogP contribution is -2.16. The van der Waals surface area contributed by atoms with Gasteiger partial charge in [-0.05, 0) is 82.6 Å². The van der Waals surface area contributed by atoms with Crippen molar-refractivity contribution in [3.8, 4) is 41.8 Å². The van der Waals surface area contributed by atoms with Gasteiger partial charge in [-0.2, -0.15) is 0 Å². The summed E-state index contributed by atoms with van der Waals surface area (Å²) in [5.74, 6) is 0. The van der Waals surface area contributed by atoms with Crippen molar-refractivity contribution >= 4 is 22.7 Å². The Balaban J connectivity index is 1.38. The zero-order chi connectivity index (χ0) is 25.0. The van der Waals surface area contributed by atoms with E-state index < -0.39 is 0 Å². The average Bonchev–Trinajstić information content (AvgIpc) is 3.57. The zero-order valence-corrected chi connectivity index (χ0v) is 23.4. The van der Waals surface area contributed by atoms with E-state index in [-0.39, 0.29) is 10.8 Å². The molecule has 7 rings (SSSR count). The standard InChI is InChI=1S/C34H30S2/c1-19-7-11-21(12-8-19)29-17-27-31(35-29)23-15-26-24(16-25(23)33(27,3)4)32-28(34(26,5)6)18-30(36-32)22-13-9-20(2)10-14-22/h7-18H,1-6H3. The van der Waals surface area contributed by atoms with E-state index in [1.54, 1.807) is 0 Å². The van der Waals surface area contributed by atoms with Crippen LogP contribution >= 0.6 is 22.7 Å². The highest BCUT2D eigenvalue weighted by Crippen LogP contribution is 2.60. The predicted molar refractivity (Wildman–Crippen MR) is 158 cm³/mol. The van der Waals surface area contributed by atoms with Gasteiger partial charge in [-0.25, -0.2) is 0 Å². The fourth-order valence-electron chi connectivity index (χ4n) is 6.13. The molecule has 0 saturated heterocycles. The number of thiophene rings is 2. The van der Waals surface area contributed by atoms with Crippen molar-refractivity contribution in [2.45, 2.75) is 52.4 Å². The van der Waals surface area contributed by atoms with Crippen molar-refractivity contribution < 1.29 is 0 Å². The molecule has 0 atom stereocenters. The Morgan fingerprint density at radius 1 is 0.472 bits per heavy atom. The predicted octanol–water partition coefficient (Wildman–Crippen LogP) is 10.4. The minimum absolute atomic E-state index is 0.00306. The van der Waals surface area contributed by atoms with Crippen LogP contribution in [-0.2, 0) is 10.8 Å². The second-order valence-electron chi connectivity index (χ2n) is 11.6. The summed E-state index contributed by atoms with van der Waals surface area (Å²) >= 11 is 3.92. The SMILES string of the molecule is Cc1ccc(-c2cc3c(s2)-c2cc4c(cc2C3(C)C)-c2sc(-c3ccc(C)cc3)cc2C4(C)C)cc1. The lowest BCUT2D eigenvalue weighted by molar-refractivity contribution is 0.653. The van der Waals surface area contributed by atoms with Crippen molar-refractivity contribution in [3.05, 3.63) is 106 Å². The maximum Gasteiger partial charge on any atom is 0.0393 e. The van der Waals surface area contributed by atoms with Crippen molar-refractivity contribution in [1.82, 2.24) is 0 Å². The molecule has 0 bridgehead atoms. The van der Waals surface area contributed by atoms with E-state index in [4.69, 9.17) is 0 Å². The van der Waals surface area contributed by atoms with E-state index in [0.717, 1.165) is 0 Å². The summed E-state index contributed by atoms with van der Waals surface area (Å²) in [6.07, 6.45) is 0. The Morgan fingerprint density at radius 3 is 1.19 bits per heavy atom. The first-order chi connectivity index (χ1) is 17.1. The highest BCUT2D eigenvalue weighted by atomic mass is 32.1. The summed E-state index contributed by atoms with van der Waals surface area (Å²) in [5, 5.41) is 0. The Labute approximate surface area is 222 Å². The maximum absolute atomic E-state index is 2.53. The topological polar surface area (TPSA) is 0 Å². The highest BCUT2D eigenvalue weighted by molar-refractivity contribution is 7.19. The van der Waals surface area contributed by atoms with Gasteiger partial charge in [0.25, 0.3) is 0 Å². The third kappa shape index (κ3) is 2.98. The Kier molecular flexibility index (Phi) is 4.52. The molecule has 0 nitrogen and oxygen atoms in total. The van der Waals surface area contributed by atoms with Crippen LogP contribution in [0.5, 0.6) is 0 Å². The van der Waals surface area contributed by atoms with Crippen molar-refractivity contribution in [2.75, 3.05) is 0 Å². The molecule has 0 unspecified atom stereocenters. The van der Waals surface area contributed by atoms with Crippen LogP contribution in [0.1, 0.15) is 61.1 Å². The van der Waals surface area contributed by atoms with Crippen LogP contribution in [0.4, 0.5) is 0 Å². The van der Waals surface area contributed by atoms with Gasteiger partial charge in [-0.15, -0.1) is 22.7 Å². The molecule has 0 radical (unpaired) electrons. The van der Waals surface area contributed by atoms with Gasteiger partial charge in [0.05, 0.1) is 0 Å². The van der Waals surface area contributed by atoms with Crippen molar-refractivity contribution in [3.63, 3.8) is 0 Å². The Bertz CT molecular complexity index is 1540. The number of hydrogen-bond donors (Lipinski definition) is 0. The monoisotopic (exact) mass is 502 g/mol. The van der Waals surface area contributed by atoms with E-state index in [0.29, 0.717) is 0 Å². The molecule has 2 heteroatoms. The normalized spacial score (nSPS) is 15.9. The molecule has 0 fully saturated rings. The van der Waals surface area contributed by atoms with E-state index in [9.17, 15) is 0 Å². The quantitative estimate of drug-likeness (QED) is 0.225. The first-order valence-electron chi connectivity index (χ1n) is 12.8. The van der Waals surface area contributed by atoms with Gasteiger partial charge >= 0.3 is 0 Å².